The van der Waals surface area contributed by atoms with Gasteiger partial charge in [-0.3, -0.25) is 4.79 Å². The van der Waals surface area contributed by atoms with E-state index in [4.69, 9.17) is 5.11 Å². The first-order valence-corrected chi connectivity index (χ1v) is 5.76. The molecule has 0 aromatic carbocycles. The molecule has 1 amide bonds. The highest BCUT2D eigenvalue weighted by Crippen LogP contribution is 2.16. The highest BCUT2D eigenvalue weighted by molar-refractivity contribution is 7.08. The minimum atomic E-state index is -0.914. The summed E-state index contributed by atoms with van der Waals surface area (Å²) in [6.07, 6.45) is 4.31. The first-order valence-electron chi connectivity index (χ1n) is 4.81. The molecule has 1 aromatic heterocycles. The molecular weight excluding hydrogens is 226 g/mol. The van der Waals surface area contributed by atoms with Crippen molar-refractivity contribution >= 4 is 29.3 Å². The zero-order valence-corrected chi connectivity index (χ0v) is 9.71. The van der Waals surface area contributed by atoms with Crippen LogP contribution in [0.15, 0.2) is 16.8 Å². The lowest BCUT2D eigenvalue weighted by atomic mass is 10.2. The van der Waals surface area contributed by atoms with E-state index in [2.05, 4.69) is 5.32 Å². The Labute approximate surface area is 97.6 Å². The van der Waals surface area contributed by atoms with Crippen molar-refractivity contribution in [2.45, 2.75) is 13.3 Å². The number of carbonyl (C=O) groups excluding carboxylic acids is 1. The zero-order valence-electron chi connectivity index (χ0n) is 8.90. The standard InChI is InChI=1S/C11H13NO3S/c1-8(13)12-5-3-2-4-9-6-16-7-10(9)11(14)15/h2,4,6-7H,3,5H2,1H3,(H,12,13)(H,14,15). The molecule has 0 aliphatic rings. The van der Waals surface area contributed by atoms with Crippen molar-refractivity contribution in [3.8, 4) is 0 Å². The Balaban J connectivity index is 2.47. The van der Waals surface area contributed by atoms with Gasteiger partial charge >= 0.3 is 5.97 Å². The largest absolute Gasteiger partial charge is 0.478 e. The fourth-order valence-corrected chi connectivity index (χ4v) is 1.94. The van der Waals surface area contributed by atoms with E-state index in [1.165, 1.54) is 18.3 Å². The molecule has 0 saturated carbocycles. The van der Waals surface area contributed by atoms with Crippen molar-refractivity contribution in [1.82, 2.24) is 5.32 Å². The molecule has 0 spiro atoms. The fraction of sp³-hybridized carbons (Fsp3) is 0.273. The monoisotopic (exact) mass is 239 g/mol. The summed E-state index contributed by atoms with van der Waals surface area (Å²) in [5, 5.41) is 14.9. The number of carboxylic acids is 1. The molecule has 16 heavy (non-hydrogen) atoms. The summed E-state index contributed by atoms with van der Waals surface area (Å²) in [6.45, 7) is 2.03. The number of thiophene rings is 1. The minimum absolute atomic E-state index is 0.0600. The van der Waals surface area contributed by atoms with Crippen LogP contribution in [0.1, 0.15) is 29.3 Å². The van der Waals surface area contributed by atoms with Crippen LogP contribution in [0.2, 0.25) is 0 Å². The molecule has 0 saturated heterocycles. The molecule has 0 bridgehead atoms. The summed E-state index contributed by atoms with van der Waals surface area (Å²) in [7, 11) is 0. The normalized spacial score (nSPS) is 10.6. The average molecular weight is 239 g/mol. The van der Waals surface area contributed by atoms with Crippen molar-refractivity contribution in [3.05, 3.63) is 28.0 Å². The van der Waals surface area contributed by atoms with Gasteiger partial charge in [0.1, 0.15) is 0 Å². The summed E-state index contributed by atoms with van der Waals surface area (Å²) in [5.41, 5.74) is 1.03. The molecule has 0 aliphatic carbocycles. The van der Waals surface area contributed by atoms with Crippen LogP contribution in [0.4, 0.5) is 0 Å². The molecule has 1 heterocycles. The first kappa shape index (κ1) is 12.4. The van der Waals surface area contributed by atoms with Gasteiger partial charge in [-0.15, -0.1) is 0 Å². The molecule has 2 N–H and O–H groups in total. The Hall–Kier alpha value is -1.62. The Morgan fingerprint density at radius 2 is 2.25 bits per heavy atom. The van der Waals surface area contributed by atoms with E-state index in [9.17, 15) is 9.59 Å². The van der Waals surface area contributed by atoms with Gasteiger partial charge in [0.25, 0.3) is 0 Å². The molecule has 0 atom stereocenters. The van der Waals surface area contributed by atoms with E-state index in [1.54, 1.807) is 16.8 Å². The summed E-state index contributed by atoms with van der Waals surface area (Å²) >= 11 is 1.36. The van der Waals surface area contributed by atoms with Crippen LogP contribution in [0.5, 0.6) is 0 Å². The third-order valence-corrected chi connectivity index (χ3v) is 2.67. The predicted molar refractivity (Wildman–Crippen MR) is 63.6 cm³/mol. The van der Waals surface area contributed by atoms with Crippen molar-refractivity contribution < 1.29 is 14.7 Å². The van der Waals surface area contributed by atoms with Gasteiger partial charge in [-0.05, 0) is 17.4 Å². The number of rotatable bonds is 5. The molecular formula is C11H13NO3S. The van der Waals surface area contributed by atoms with E-state index in [1.807, 2.05) is 6.08 Å². The molecule has 5 heteroatoms. The molecule has 0 unspecified atom stereocenters. The predicted octanol–water partition coefficient (Wildman–Crippen LogP) is 1.99. The van der Waals surface area contributed by atoms with Crippen LogP contribution in [0.25, 0.3) is 6.08 Å². The van der Waals surface area contributed by atoms with E-state index in [-0.39, 0.29) is 5.91 Å². The van der Waals surface area contributed by atoms with Crippen molar-refractivity contribution in [2.75, 3.05) is 6.54 Å². The third-order valence-electron chi connectivity index (χ3n) is 1.90. The molecule has 86 valence electrons. The van der Waals surface area contributed by atoms with Gasteiger partial charge < -0.3 is 10.4 Å². The molecule has 1 aromatic rings. The van der Waals surface area contributed by atoms with Gasteiger partial charge in [-0.2, -0.15) is 11.3 Å². The van der Waals surface area contributed by atoms with E-state index in [0.717, 1.165) is 0 Å². The molecule has 4 nitrogen and oxygen atoms in total. The maximum Gasteiger partial charge on any atom is 0.337 e. The molecule has 1 rings (SSSR count). The Morgan fingerprint density at radius 1 is 1.50 bits per heavy atom. The van der Waals surface area contributed by atoms with E-state index in [0.29, 0.717) is 24.1 Å². The first-order chi connectivity index (χ1) is 7.61. The lowest BCUT2D eigenvalue weighted by molar-refractivity contribution is -0.118. The molecule has 0 fully saturated rings. The van der Waals surface area contributed by atoms with Crippen LogP contribution < -0.4 is 5.32 Å². The maximum atomic E-state index is 10.8. The smallest absolute Gasteiger partial charge is 0.337 e. The van der Waals surface area contributed by atoms with Crippen molar-refractivity contribution in [3.63, 3.8) is 0 Å². The van der Waals surface area contributed by atoms with E-state index >= 15 is 0 Å². The minimum Gasteiger partial charge on any atom is -0.478 e. The second kappa shape index (κ2) is 6.07. The SMILES string of the molecule is CC(=O)NCCC=Cc1cscc1C(=O)O. The molecule has 0 aliphatic heterocycles. The topological polar surface area (TPSA) is 66.4 Å². The van der Waals surface area contributed by atoms with Crippen LogP contribution in [-0.4, -0.2) is 23.5 Å². The maximum absolute atomic E-state index is 10.8. The van der Waals surface area contributed by atoms with Gasteiger partial charge in [-0.1, -0.05) is 12.2 Å². The summed E-state index contributed by atoms with van der Waals surface area (Å²) < 4.78 is 0. The number of amides is 1. The van der Waals surface area contributed by atoms with Crippen molar-refractivity contribution in [2.24, 2.45) is 0 Å². The van der Waals surface area contributed by atoms with Crippen LogP contribution in [0.3, 0.4) is 0 Å². The quantitative estimate of drug-likeness (QED) is 0.772. The summed E-state index contributed by atoms with van der Waals surface area (Å²) in [6, 6.07) is 0. The van der Waals surface area contributed by atoms with E-state index < -0.39 is 5.97 Å². The summed E-state index contributed by atoms with van der Waals surface area (Å²) in [5.74, 6) is -0.974. The van der Waals surface area contributed by atoms with Gasteiger partial charge in [0.05, 0.1) is 5.56 Å². The summed E-state index contributed by atoms with van der Waals surface area (Å²) in [4.78, 5) is 21.3. The second-order valence-electron chi connectivity index (χ2n) is 3.22. The Bertz CT molecular complexity index is 409. The third kappa shape index (κ3) is 3.86. The van der Waals surface area contributed by atoms with Crippen LogP contribution >= 0.6 is 11.3 Å². The lowest BCUT2D eigenvalue weighted by Crippen LogP contribution is -2.20. The second-order valence-corrected chi connectivity index (χ2v) is 3.96. The van der Waals surface area contributed by atoms with Gasteiger partial charge in [0, 0.05) is 18.8 Å². The number of carboxylic acid groups (broad SMARTS) is 1. The highest BCUT2D eigenvalue weighted by atomic mass is 32.1. The van der Waals surface area contributed by atoms with Gasteiger partial charge in [-0.25, -0.2) is 4.79 Å². The lowest BCUT2D eigenvalue weighted by Gasteiger charge is -1.96. The van der Waals surface area contributed by atoms with Crippen molar-refractivity contribution in [1.29, 1.82) is 0 Å². The average Bonchev–Trinajstić information content (AvgIpc) is 2.65. The number of carbonyl (C=O) groups is 2. The Kier molecular flexibility index (Phi) is 4.72. The fourth-order valence-electron chi connectivity index (χ4n) is 1.15. The van der Waals surface area contributed by atoms with Gasteiger partial charge in [0.2, 0.25) is 5.91 Å². The number of aromatic carboxylic acids is 1. The number of nitrogens with one attached hydrogen (secondary N) is 1. The Morgan fingerprint density at radius 3 is 2.88 bits per heavy atom. The zero-order chi connectivity index (χ0) is 12.0. The highest BCUT2D eigenvalue weighted by Gasteiger charge is 2.07. The van der Waals surface area contributed by atoms with Crippen LogP contribution in [0, 0.1) is 0 Å². The molecule has 0 radical (unpaired) electrons. The van der Waals surface area contributed by atoms with Gasteiger partial charge in [0.15, 0.2) is 0 Å². The number of hydrogen-bond acceptors (Lipinski definition) is 3. The number of hydrogen-bond donors (Lipinski definition) is 2. The van der Waals surface area contributed by atoms with Crippen LogP contribution in [-0.2, 0) is 4.79 Å².